The van der Waals surface area contributed by atoms with Crippen LogP contribution in [0.15, 0.2) is 48.8 Å². The quantitative estimate of drug-likeness (QED) is 0.684. The molecule has 0 saturated heterocycles. The van der Waals surface area contributed by atoms with Crippen molar-refractivity contribution in [2.24, 2.45) is 0 Å². The molecule has 0 fully saturated rings. The number of pyridine rings is 1. The number of fused-ring (bicyclic) bond motifs is 1. The molecule has 0 bridgehead atoms. The molecule has 90 valence electrons. The van der Waals surface area contributed by atoms with E-state index in [-0.39, 0.29) is 0 Å². The number of aryl methyl sites for hydroxylation is 1. The summed E-state index contributed by atoms with van der Waals surface area (Å²) in [6.07, 6.45) is 3.95. The van der Waals surface area contributed by atoms with Crippen molar-refractivity contribution in [3.05, 3.63) is 54.4 Å². The van der Waals surface area contributed by atoms with E-state index in [2.05, 4.69) is 34.6 Å². The summed E-state index contributed by atoms with van der Waals surface area (Å²) in [5.41, 5.74) is 3.43. The Hall–Kier alpha value is -2.29. The summed E-state index contributed by atoms with van der Waals surface area (Å²) in [5.74, 6) is 1.81. The van der Waals surface area contributed by atoms with Gasteiger partial charge in [-0.15, -0.1) is 0 Å². The molecular formula is C15H14N2O. The van der Waals surface area contributed by atoms with Gasteiger partial charge in [-0.1, -0.05) is 0 Å². The third-order valence-electron chi connectivity index (χ3n) is 3.04. The summed E-state index contributed by atoms with van der Waals surface area (Å²) in [5, 5.41) is 0. The SMILES string of the molecule is COc1ccc(-c2ncc3cc(C)ccn23)cc1. The first-order chi connectivity index (χ1) is 8.78. The minimum absolute atomic E-state index is 0.857. The highest BCUT2D eigenvalue weighted by atomic mass is 16.5. The molecule has 2 aromatic heterocycles. The summed E-state index contributed by atoms with van der Waals surface area (Å²) in [6, 6.07) is 12.2. The predicted molar refractivity (Wildman–Crippen MR) is 71.9 cm³/mol. The highest BCUT2D eigenvalue weighted by molar-refractivity contribution is 5.63. The number of methoxy groups -OCH3 is 1. The summed E-state index contributed by atoms with van der Waals surface area (Å²) in [4.78, 5) is 4.48. The molecule has 3 rings (SSSR count). The maximum atomic E-state index is 5.16. The van der Waals surface area contributed by atoms with Crippen LogP contribution in [0.4, 0.5) is 0 Å². The van der Waals surface area contributed by atoms with Gasteiger partial charge in [0.1, 0.15) is 11.6 Å². The molecule has 0 unspecified atom stereocenters. The highest BCUT2D eigenvalue weighted by Crippen LogP contribution is 2.22. The Labute approximate surface area is 106 Å². The van der Waals surface area contributed by atoms with Gasteiger partial charge >= 0.3 is 0 Å². The van der Waals surface area contributed by atoms with Gasteiger partial charge in [-0.05, 0) is 48.9 Å². The van der Waals surface area contributed by atoms with E-state index >= 15 is 0 Å². The maximum Gasteiger partial charge on any atom is 0.144 e. The first-order valence-electron chi connectivity index (χ1n) is 5.86. The van der Waals surface area contributed by atoms with Gasteiger partial charge in [-0.25, -0.2) is 4.98 Å². The Kier molecular flexibility index (Phi) is 2.52. The van der Waals surface area contributed by atoms with Crippen molar-refractivity contribution < 1.29 is 4.74 Å². The number of imidazole rings is 1. The van der Waals surface area contributed by atoms with Crippen molar-refractivity contribution in [2.45, 2.75) is 6.92 Å². The first kappa shape index (κ1) is 10.8. The molecule has 0 amide bonds. The molecule has 0 aliphatic carbocycles. The van der Waals surface area contributed by atoms with Crippen LogP contribution in [-0.4, -0.2) is 16.5 Å². The van der Waals surface area contributed by atoms with E-state index < -0.39 is 0 Å². The number of aromatic nitrogens is 2. The van der Waals surface area contributed by atoms with Crippen LogP contribution in [0.1, 0.15) is 5.56 Å². The van der Waals surface area contributed by atoms with E-state index in [9.17, 15) is 0 Å². The van der Waals surface area contributed by atoms with Crippen molar-refractivity contribution >= 4 is 5.52 Å². The van der Waals surface area contributed by atoms with Crippen LogP contribution in [0.25, 0.3) is 16.9 Å². The number of hydrogen-bond donors (Lipinski definition) is 0. The second-order valence-electron chi connectivity index (χ2n) is 4.31. The van der Waals surface area contributed by atoms with E-state index in [0.717, 1.165) is 22.7 Å². The molecule has 0 spiro atoms. The van der Waals surface area contributed by atoms with Crippen molar-refractivity contribution in [1.82, 2.24) is 9.38 Å². The molecule has 0 atom stereocenters. The molecule has 3 aromatic rings. The average molecular weight is 238 g/mol. The van der Waals surface area contributed by atoms with Crippen LogP contribution in [-0.2, 0) is 0 Å². The zero-order valence-electron chi connectivity index (χ0n) is 10.4. The van der Waals surface area contributed by atoms with Gasteiger partial charge in [0.25, 0.3) is 0 Å². The van der Waals surface area contributed by atoms with Gasteiger partial charge in [-0.3, -0.25) is 4.40 Å². The minimum atomic E-state index is 0.857. The van der Waals surface area contributed by atoms with Gasteiger partial charge < -0.3 is 4.74 Å². The Morgan fingerprint density at radius 2 is 1.89 bits per heavy atom. The van der Waals surface area contributed by atoms with E-state index in [1.54, 1.807) is 7.11 Å². The van der Waals surface area contributed by atoms with Crippen LogP contribution in [0.3, 0.4) is 0 Å². The number of hydrogen-bond acceptors (Lipinski definition) is 2. The second kappa shape index (κ2) is 4.18. The predicted octanol–water partition coefficient (Wildman–Crippen LogP) is 3.32. The third-order valence-corrected chi connectivity index (χ3v) is 3.04. The molecule has 3 nitrogen and oxygen atoms in total. The normalized spacial score (nSPS) is 10.8. The smallest absolute Gasteiger partial charge is 0.144 e. The van der Waals surface area contributed by atoms with Crippen LogP contribution in [0.2, 0.25) is 0 Å². The molecule has 3 heteroatoms. The van der Waals surface area contributed by atoms with Gasteiger partial charge in [0.05, 0.1) is 18.8 Å². The fraction of sp³-hybridized carbons (Fsp3) is 0.133. The molecule has 18 heavy (non-hydrogen) atoms. The number of nitrogens with zero attached hydrogens (tertiary/aromatic N) is 2. The number of ether oxygens (including phenoxy) is 1. The van der Waals surface area contributed by atoms with E-state index in [4.69, 9.17) is 4.74 Å². The maximum absolute atomic E-state index is 5.16. The lowest BCUT2D eigenvalue weighted by Crippen LogP contribution is -1.90. The molecule has 0 N–H and O–H groups in total. The lowest BCUT2D eigenvalue weighted by Gasteiger charge is -2.03. The fourth-order valence-electron chi connectivity index (χ4n) is 2.06. The third kappa shape index (κ3) is 1.74. The van der Waals surface area contributed by atoms with Crippen LogP contribution >= 0.6 is 0 Å². The van der Waals surface area contributed by atoms with Crippen LogP contribution < -0.4 is 4.74 Å². The zero-order chi connectivity index (χ0) is 12.5. The molecule has 1 aromatic carbocycles. The lowest BCUT2D eigenvalue weighted by atomic mass is 10.2. The summed E-state index contributed by atoms with van der Waals surface area (Å²) in [7, 11) is 1.67. The summed E-state index contributed by atoms with van der Waals surface area (Å²) < 4.78 is 7.25. The Morgan fingerprint density at radius 3 is 2.61 bits per heavy atom. The summed E-state index contributed by atoms with van der Waals surface area (Å²) in [6.45, 7) is 2.08. The second-order valence-corrected chi connectivity index (χ2v) is 4.31. The molecular weight excluding hydrogens is 224 g/mol. The molecule has 0 saturated carbocycles. The molecule has 0 aliphatic heterocycles. The van der Waals surface area contributed by atoms with Crippen molar-refractivity contribution in [2.75, 3.05) is 7.11 Å². The number of rotatable bonds is 2. The average Bonchev–Trinajstić information content (AvgIpc) is 2.81. The van der Waals surface area contributed by atoms with Crippen molar-refractivity contribution in [3.8, 4) is 17.1 Å². The van der Waals surface area contributed by atoms with Gasteiger partial charge in [0.15, 0.2) is 0 Å². The fourth-order valence-corrected chi connectivity index (χ4v) is 2.06. The van der Waals surface area contributed by atoms with Crippen molar-refractivity contribution in [3.63, 3.8) is 0 Å². The Balaban J connectivity index is 2.13. The molecule has 0 aliphatic rings. The topological polar surface area (TPSA) is 26.5 Å². The molecule has 2 heterocycles. The van der Waals surface area contributed by atoms with Crippen LogP contribution in [0.5, 0.6) is 5.75 Å². The molecule has 0 radical (unpaired) electrons. The van der Waals surface area contributed by atoms with Crippen LogP contribution in [0, 0.1) is 6.92 Å². The monoisotopic (exact) mass is 238 g/mol. The zero-order valence-corrected chi connectivity index (χ0v) is 10.4. The minimum Gasteiger partial charge on any atom is -0.497 e. The van der Waals surface area contributed by atoms with Gasteiger partial charge in [0, 0.05) is 11.8 Å². The van der Waals surface area contributed by atoms with E-state index in [1.807, 2.05) is 30.5 Å². The summed E-state index contributed by atoms with van der Waals surface area (Å²) >= 11 is 0. The number of benzene rings is 1. The van der Waals surface area contributed by atoms with Crippen molar-refractivity contribution in [1.29, 1.82) is 0 Å². The van der Waals surface area contributed by atoms with Gasteiger partial charge in [0.2, 0.25) is 0 Å². The standard InChI is InChI=1S/C15H14N2O/c1-11-7-8-17-13(9-11)10-16-15(17)12-3-5-14(18-2)6-4-12/h3-10H,1-2H3. The first-order valence-corrected chi connectivity index (χ1v) is 5.86. The van der Waals surface area contributed by atoms with Gasteiger partial charge in [-0.2, -0.15) is 0 Å². The Morgan fingerprint density at radius 1 is 1.11 bits per heavy atom. The van der Waals surface area contributed by atoms with E-state index in [1.165, 1.54) is 5.56 Å². The Bertz CT molecular complexity index is 683. The largest absolute Gasteiger partial charge is 0.497 e. The highest BCUT2D eigenvalue weighted by Gasteiger charge is 2.06. The van der Waals surface area contributed by atoms with E-state index in [0.29, 0.717) is 0 Å². The lowest BCUT2D eigenvalue weighted by molar-refractivity contribution is 0.415.